The number of esters is 1. The summed E-state index contributed by atoms with van der Waals surface area (Å²) in [5.41, 5.74) is 2.56. The highest BCUT2D eigenvalue weighted by molar-refractivity contribution is 6.04. The monoisotopic (exact) mass is 572 g/mol. The molecule has 0 spiro atoms. The van der Waals surface area contributed by atoms with E-state index in [1.807, 2.05) is 0 Å². The number of benzene rings is 2. The molecular formula is C30H29FN6O5. The van der Waals surface area contributed by atoms with Gasteiger partial charge in [-0.3, -0.25) is 9.69 Å². The zero-order valence-electron chi connectivity index (χ0n) is 22.8. The fourth-order valence-electron chi connectivity index (χ4n) is 5.00. The summed E-state index contributed by atoms with van der Waals surface area (Å²) in [5, 5.41) is 12.5. The lowest BCUT2D eigenvalue weighted by molar-refractivity contribution is 0.0516. The second-order valence-corrected chi connectivity index (χ2v) is 9.71. The van der Waals surface area contributed by atoms with Crippen LogP contribution in [0, 0.1) is 5.82 Å². The van der Waals surface area contributed by atoms with Crippen LogP contribution in [0.1, 0.15) is 58.9 Å². The van der Waals surface area contributed by atoms with E-state index in [0.717, 1.165) is 28.6 Å². The number of amides is 2. The van der Waals surface area contributed by atoms with Crippen LogP contribution >= 0.6 is 0 Å². The van der Waals surface area contributed by atoms with Crippen LogP contribution in [-0.2, 0) is 4.74 Å². The van der Waals surface area contributed by atoms with Gasteiger partial charge in [0.1, 0.15) is 17.3 Å². The van der Waals surface area contributed by atoms with Crippen LogP contribution in [-0.4, -0.2) is 55.8 Å². The van der Waals surface area contributed by atoms with Crippen molar-refractivity contribution in [3.63, 3.8) is 0 Å². The molecule has 0 radical (unpaired) electrons. The van der Waals surface area contributed by atoms with E-state index in [0.29, 0.717) is 29.9 Å². The number of nitrogens with one attached hydrogen (secondary N) is 1. The largest absolute Gasteiger partial charge is 0.465 e. The van der Waals surface area contributed by atoms with Gasteiger partial charge in [0, 0.05) is 23.9 Å². The highest BCUT2D eigenvalue weighted by atomic mass is 19.1. The van der Waals surface area contributed by atoms with Crippen LogP contribution in [0.15, 0.2) is 66.9 Å². The summed E-state index contributed by atoms with van der Waals surface area (Å²) in [7, 11) is 0. The Hall–Kier alpha value is -5.26. The number of carbonyl (C=O) groups is 3. The first-order valence-electron chi connectivity index (χ1n) is 13.4. The second kappa shape index (κ2) is 12.1. The van der Waals surface area contributed by atoms with E-state index >= 15 is 0 Å². The van der Waals surface area contributed by atoms with E-state index in [2.05, 4.69) is 15.3 Å². The highest BCUT2D eigenvalue weighted by Gasteiger charge is 2.34. The number of imidazole rings is 1. The molecule has 2 aromatic heterocycles. The molecule has 0 bridgehead atoms. The average Bonchev–Trinajstić information content (AvgIpc) is 3.34. The standard InChI is InChI=1S/C30H29FN6O5/c1-2-42-29(39)26-25(35-27(37(26)32)23-5-3-4-16-36(23)30(40)41)19-6-8-20(9-7-19)28(38)34-24-17-21(14-15-33-24)18-10-12-22(31)13-11-18/h6-15,17,23H,2-5,16,32H2,1H3,(H,40,41)(H,33,34,38). The molecule has 42 heavy (non-hydrogen) atoms. The Balaban J connectivity index is 1.41. The predicted octanol–water partition coefficient (Wildman–Crippen LogP) is 5.10. The van der Waals surface area contributed by atoms with Gasteiger partial charge in [-0.25, -0.2) is 28.6 Å². The van der Waals surface area contributed by atoms with Crippen LogP contribution in [0.4, 0.5) is 15.0 Å². The summed E-state index contributed by atoms with van der Waals surface area (Å²) in [4.78, 5) is 47.9. The molecule has 12 heteroatoms. The Morgan fingerprint density at radius 3 is 2.45 bits per heavy atom. The van der Waals surface area contributed by atoms with Gasteiger partial charge in [-0.1, -0.05) is 24.3 Å². The quantitative estimate of drug-likeness (QED) is 0.204. The number of carboxylic acid groups (broad SMARTS) is 1. The first-order valence-corrected chi connectivity index (χ1v) is 13.4. The van der Waals surface area contributed by atoms with E-state index in [1.54, 1.807) is 61.7 Å². The molecule has 0 saturated carbocycles. The maximum Gasteiger partial charge on any atom is 0.407 e. The Kier molecular flexibility index (Phi) is 8.14. The van der Waals surface area contributed by atoms with Crippen molar-refractivity contribution < 1.29 is 28.6 Å². The van der Waals surface area contributed by atoms with E-state index in [9.17, 15) is 23.9 Å². The maximum absolute atomic E-state index is 13.3. The number of ether oxygens (including phenoxy) is 1. The van der Waals surface area contributed by atoms with E-state index in [-0.39, 0.29) is 29.6 Å². The molecule has 1 atom stereocenters. The fourth-order valence-corrected chi connectivity index (χ4v) is 5.00. The minimum absolute atomic E-state index is 0.0122. The molecular weight excluding hydrogens is 543 g/mol. The van der Waals surface area contributed by atoms with Crippen molar-refractivity contribution in [3.05, 3.63) is 89.8 Å². The summed E-state index contributed by atoms with van der Waals surface area (Å²) in [5.74, 6) is 5.44. The maximum atomic E-state index is 13.3. The Bertz CT molecular complexity index is 1620. The fraction of sp³-hybridized carbons (Fsp3) is 0.233. The highest BCUT2D eigenvalue weighted by Crippen LogP contribution is 2.34. The topological polar surface area (TPSA) is 153 Å². The molecule has 4 N–H and O–H groups in total. The van der Waals surface area contributed by atoms with Crippen molar-refractivity contribution >= 4 is 23.8 Å². The molecule has 11 nitrogen and oxygen atoms in total. The second-order valence-electron chi connectivity index (χ2n) is 9.71. The molecule has 1 fully saturated rings. The molecule has 3 heterocycles. The van der Waals surface area contributed by atoms with Crippen molar-refractivity contribution in [3.8, 4) is 22.4 Å². The van der Waals surface area contributed by atoms with Crippen LogP contribution < -0.4 is 11.2 Å². The Labute approximate surface area is 240 Å². The van der Waals surface area contributed by atoms with Crippen molar-refractivity contribution in [2.24, 2.45) is 0 Å². The van der Waals surface area contributed by atoms with Crippen molar-refractivity contribution in [1.29, 1.82) is 0 Å². The number of piperidine rings is 1. The van der Waals surface area contributed by atoms with E-state index in [4.69, 9.17) is 10.6 Å². The van der Waals surface area contributed by atoms with E-state index < -0.39 is 24.0 Å². The molecule has 5 rings (SSSR count). The third-order valence-electron chi connectivity index (χ3n) is 7.05. The van der Waals surface area contributed by atoms with Gasteiger partial charge in [0.05, 0.1) is 12.6 Å². The van der Waals surface area contributed by atoms with Crippen molar-refractivity contribution in [2.45, 2.75) is 32.2 Å². The molecule has 2 aromatic carbocycles. The molecule has 2 amide bonds. The number of rotatable bonds is 7. The normalized spacial score (nSPS) is 14.8. The number of nitrogen functional groups attached to an aromatic ring is 1. The van der Waals surface area contributed by atoms with Gasteiger partial charge in [-0.15, -0.1) is 0 Å². The zero-order valence-corrected chi connectivity index (χ0v) is 22.8. The third kappa shape index (κ3) is 5.78. The van der Waals surface area contributed by atoms with Crippen LogP contribution in [0.5, 0.6) is 0 Å². The number of likely N-dealkylation sites (tertiary alicyclic amines) is 1. The van der Waals surface area contributed by atoms with Gasteiger partial charge in [-0.05, 0) is 73.7 Å². The van der Waals surface area contributed by atoms with E-state index in [1.165, 1.54) is 17.0 Å². The summed E-state index contributed by atoms with van der Waals surface area (Å²) in [6.45, 7) is 2.11. The molecule has 216 valence electrons. The van der Waals surface area contributed by atoms with Crippen LogP contribution in [0.25, 0.3) is 22.4 Å². The Morgan fingerprint density at radius 2 is 1.76 bits per heavy atom. The van der Waals surface area contributed by atoms with Crippen LogP contribution in [0.2, 0.25) is 0 Å². The lowest BCUT2D eigenvalue weighted by Gasteiger charge is -2.32. The summed E-state index contributed by atoms with van der Waals surface area (Å²) in [6.07, 6.45) is 2.48. The number of hydrogen-bond acceptors (Lipinski definition) is 7. The minimum atomic E-state index is -1.09. The SMILES string of the molecule is CCOC(=O)c1c(-c2ccc(C(=O)Nc3cc(-c4ccc(F)cc4)ccn3)cc2)nc(C2CCCCN2C(=O)O)n1N. The minimum Gasteiger partial charge on any atom is -0.465 e. The smallest absolute Gasteiger partial charge is 0.407 e. The number of pyridine rings is 1. The number of aromatic nitrogens is 3. The Morgan fingerprint density at radius 1 is 1.05 bits per heavy atom. The number of hydrogen-bond donors (Lipinski definition) is 3. The number of nitrogens with two attached hydrogens (primary N) is 1. The average molecular weight is 573 g/mol. The first kappa shape index (κ1) is 28.3. The number of halogens is 1. The van der Waals surface area contributed by atoms with Crippen molar-refractivity contribution in [1.82, 2.24) is 19.5 Å². The first-order chi connectivity index (χ1) is 20.3. The van der Waals surface area contributed by atoms with Gasteiger partial charge in [0.25, 0.3) is 5.91 Å². The number of carbonyl (C=O) groups excluding carboxylic acids is 2. The molecule has 1 unspecified atom stereocenters. The lowest BCUT2D eigenvalue weighted by atomic mass is 10.0. The third-order valence-corrected chi connectivity index (χ3v) is 7.05. The number of anilines is 1. The van der Waals surface area contributed by atoms with Gasteiger partial charge in [0.15, 0.2) is 11.5 Å². The number of nitrogens with zero attached hydrogens (tertiary/aromatic N) is 4. The predicted molar refractivity (Wildman–Crippen MR) is 153 cm³/mol. The van der Waals surface area contributed by atoms with Gasteiger partial charge < -0.3 is 21.0 Å². The van der Waals surface area contributed by atoms with Crippen LogP contribution in [0.3, 0.4) is 0 Å². The summed E-state index contributed by atoms with van der Waals surface area (Å²) >= 11 is 0. The summed E-state index contributed by atoms with van der Waals surface area (Å²) in [6, 6.07) is 15.2. The van der Waals surface area contributed by atoms with Gasteiger partial charge in [-0.2, -0.15) is 0 Å². The molecule has 0 aliphatic carbocycles. The molecule has 1 aliphatic rings. The lowest BCUT2D eigenvalue weighted by Crippen LogP contribution is -2.39. The molecule has 4 aromatic rings. The summed E-state index contributed by atoms with van der Waals surface area (Å²) < 4.78 is 19.6. The van der Waals surface area contributed by atoms with Gasteiger partial charge >= 0.3 is 12.1 Å². The van der Waals surface area contributed by atoms with Gasteiger partial charge in [0.2, 0.25) is 0 Å². The molecule has 1 saturated heterocycles. The van der Waals surface area contributed by atoms with Crippen molar-refractivity contribution in [2.75, 3.05) is 24.3 Å². The molecule has 1 aliphatic heterocycles. The zero-order chi connectivity index (χ0) is 29.8.